The van der Waals surface area contributed by atoms with Crippen LogP contribution >= 0.6 is 0 Å². The SMILES string of the molecule is CC1C(N2C(=O)CCC2=O)C(N2C(=O)CCC2=O)C(N2C(=O)CCC2=O)C1N1C(=O)CCC1=O. The average Bonchev–Trinajstić information content (AvgIpc) is 3.54. The molecule has 180 valence electrons. The molecule has 0 aromatic heterocycles. The number of hydrogen-bond acceptors (Lipinski definition) is 8. The topological polar surface area (TPSA) is 150 Å². The second-order valence-corrected chi connectivity index (χ2v) is 9.45. The van der Waals surface area contributed by atoms with E-state index in [4.69, 9.17) is 0 Å². The Balaban J connectivity index is 1.71. The van der Waals surface area contributed by atoms with Gasteiger partial charge in [-0.2, -0.15) is 0 Å². The van der Waals surface area contributed by atoms with Gasteiger partial charge >= 0.3 is 0 Å². The van der Waals surface area contributed by atoms with Crippen molar-refractivity contribution in [3.8, 4) is 0 Å². The average molecular weight is 472 g/mol. The fraction of sp³-hybridized carbons (Fsp3) is 0.636. The summed E-state index contributed by atoms with van der Waals surface area (Å²) in [6.07, 6.45) is -0.522. The monoisotopic (exact) mass is 472 g/mol. The predicted molar refractivity (Wildman–Crippen MR) is 109 cm³/mol. The fourth-order valence-electron chi connectivity index (χ4n) is 6.32. The van der Waals surface area contributed by atoms with Gasteiger partial charge in [0.05, 0.1) is 24.2 Å². The van der Waals surface area contributed by atoms with Crippen molar-refractivity contribution in [2.75, 3.05) is 0 Å². The van der Waals surface area contributed by atoms with Crippen LogP contribution in [0.15, 0.2) is 0 Å². The van der Waals surface area contributed by atoms with Gasteiger partial charge in [0.15, 0.2) is 0 Å². The first-order chi connectivity index (χ1) is 16.1. The first-order valence-corrected chi connectivity index (χ1v) is 11.5. The van der Waals surface area contributed by atoms with Gasteiger partial charge in [-0.05, 0) is 0 Å². The Bertz CT molecular complexity index is 923. The lowest BCUT2D eigenvalue weighted by Crippen LogP contribution is -2.63. The number of amides is 8. The van der Waals surface area contributed by atoms with Gasteiger partial charge in [-0.25, -0.2) is 0 Å². The van der Waals surface area contributed by atoms with E-state index in [9.17, 15) is 38.4 Å². The molecule has 8 amide bonds. The maximum Gasteiger partial charge on any atom is 0.230 e. The lowest BCUT2D eigenvalue weighted by Gasteiger charge is -2.39. The van der Waals surface area contributed by atoms with E-state index in [-0.39, 0.29) is 51.4 Å². The highest BCUT2D eigenvalue weighted by molar-refractivity contribution is 6.07. The number of carbonyl (C=O) groups excluding carboxylic acids is 8. The smallest absolute Gasteiger partial charge is 0.230 e. The van der Waals surface area contributed by atoms with Gasteiger partial charge in [0.25, 0.3) is 0 Å². The minimum Gasteiger partial charge on any atom is -0.277 e. The minimum atomic E-state index is -1.24. The summed E-state index contributed by atoms with van der Waals surface area (Å²) in [5, 5.41) is 0. The van der Waals surface area contributed by atoms with Crippen molar-refractivity contribution in [2.24, 2.45) is 5.92 Å². The Morgan fingerprint density at radius 1 is 0.382 bits per heavy atom. The van der Waals surface area contributed by atoms with E-state index in [1.54, 1.807) is 6.92 Å². The third-order valence-electron chi connectivity index (χ3n) is 7.68. The largest absolute Gasteiger partial charge is 0.277 e. The van der Waals surface area contributed by atoms with E-state index in [0.717, 1.165) is 19.6 Å². The van der Waals surface area contributed by atoms with Crippen molar-refractivity contribution in [3.05, 3.63) is 0 Å². The molecule has 4 unspecified atom stereocenters. The molecule has 0 spiro atoms. The van der Waals surface area contributed by atoms with Crippen LogP contribution in [0.25, 0.3) is 0 Å². The molecule has 0 N–H and O–H groups in total. The van der Waals surface area contributed by atoms with Gasteiger partial charge in [0.2, 0.25) is 47.3 Å². The Morgan fingerprint density at radius 2 is 0.559 bits per heavy atom. The molecule has 5 rings (SSSR count). The zero-order valence-electron chi connectivity index (χ0n) is 18.6. The van der Waals surface area contributed by atoms with Crippen molar-refractivity contribution in [2.45, 2.75) is 82.5 Å². The second kappa shape index (κ2) is 7.81. The van der Waals surface area contributed by atoms with Crippen molar-refractivity contribution in [1.29, 1.82) is 0 Å². The lowest BCUT2D eigenvalue weighted by atomic mass is 9.98. The molecule has 34 heavy (non-hydrogen) atoms. The number of carbonyl (C=O) groups is 8. The molecular weight excluding hydrogens is 448 g/mol. The minimum absolute atomic E-state index is 0.0465. The normalized spacial score (nSPS) is 34.8. The first-order valence-electron chi connectivity index (χ1n) is 11.5. The highest BCUT2D eigenvalue weighted by Gasteiger charge is 2.65. The Hall–Kier alpha value is -3.44. The molecule has 5 fully saturated rings. The van der Waals surface area contributed by atoms with Crippen molar-refractivity contribution in [3.63, 3.8) is 0 Å². The van der Waals surface area contributed by atoms with Crippen LogP contribution in [0.1, 0.15) is 58.3 Å². The molecule has 0 aromatic carbocycles. The number of likely N-dealkylation sites (tertiary alicyclic amines) is 4. The Morgan fingerprint density at radius 3 is 0.765 bits per heavy atom. The zero-order valence-corrected chi connectivity index (χ0v) is 18.6. The predicted octanol–water partition coefficient (Wildman–Crippen LogP) is -1.29. The number of hydrogen-bond donors (Lipinski definition) is 0. The van der Waals surface area contributed by atoms with E-state index in [1.807, 2.05) is 0 Å². The van der Waals surface area contributed by atoms with Crippen molar-refractivity contribution >= 4 is 47.3 Å². The summed E-state index contributed by atoms with van der Waals surface area (Å²) in [6, 6.07) is -4.63. The molecule has 4 aliphatic heterocycles. The standard InChI is InChI=1S/C22H24N4O8/c1-10-19(23-11(27)2-3-12(23)28)21(25-15(31)6-7-16(25)32)22(26-17(33)8-9-18(26)34)20(10)24-13(29)4-5-14(24)30/h10,19-22H,2-9H2,1H3. The van der Waals surface area contributed by atoms with Crippen LogP contribution in [-0.2, 0) is 38.4 Å². The number of nitrogens with zero attached hydrogens (tertiary/aromatic N) is 4. The molecule has 5 aliphatic rings. The number of imide groups is 4. The summed E-state index contributed by atoms with van der Waals surface area (Å²) < 4.78 is 0. The summed E-state index contributed by atoms with van der Waals surface area (Å²) in [6.45, 7) is 1.62. The van der Waals surface area contributed by atoms with E-state index in [2.05, 4.69) is 0 Å². The molecule has 1 saturated carbocycles. The van der Waals surface area contributed by atoms with Gasteiger partial charge in [0.1, 0.15) is 0 Å². The summed E-state index contributed by atoms with van der Waals surface area (Å²) in [7, 11) is 0. The molecule has 4 atom stereocenters. The Labute approximate surface area is 194 Å². The Kier molecular flexibility index (Phi) is 5.14. The highest BCUT2D eigenvalue weighted by atomic mass is 16.2. The number of rotatable bonds is 4. The molecular formula is C22H24N4O8. The molecule has 12 heteroatoms. The van der Waals surface area contributed by atoms with Crippen LogP contribution in [0, 0.1) is 5.92 Å². The molecule has 4 saturated heterocycles. The van der Waals surface area contributed by atoms with E-state index in [0.29, 0.717) is 0 Å². The summed E-state index contributed by atoms with van der Waals surface area (Å²) in [5.41, 5.74) is 0. The summed E-state index contributed by atoms with van der Waals surface area (Å²) in [5.74, 6) is -4.95. The molecule has 4 heterocycles. The van der Waals surface area contributed by atoms with Crippen LogP contribution in [0.4, 0.5) is 0 Å². The first kappa shape index (κ1) is 22.4. The zero-order chi connectivity index (χ0) is 24.5. The van der Waals surface area contributed by atoms with Crippen LogP contribution in [0.5, 0.6) is 0 Å². The van der Waals surface area contributed by atoms with Crippen LogP contribution in [0.3, 0.4) is 0 Å². The van der Waals surface area contributed by atoms with Crippen LogP contribution in [-0.4, -0.2) is 91.0 Å². The lowest BCUT2D eigenvalue weighted by molar-refractivity contribution is -0.155. The third-order valence-corrected chi connectivity index (χ3v) is 7.68. The molecule has 0 aromatic rings. The van der Waals surface area contributed by atoms with Crippen LogP contribution in [0.2, 0.25) is 0 Å². The third kappa shape index (κ3) is 3.03. The van der Waals surface area contributed by atoms with E-state index < -0.39 is 77.3 Å². The van der Waals surface area contributed by atoms with Crippen LogP contribution < -0.4 is 0 Å². The molecule has 12 nitrogen and oxygen atoms in total. The molecule has 0 bridgehead atoms. The summed E-state index contributed by atoms with van der Waals surface area (Å²) in [4.78, 5) is 106. The maximum absolute atomic E-state index is 12.9. The second-order valence-electron chi connectivity index (χ2n) is 9.45. The quantitative estimate of drug-likeness (QED) is 0.459. The molecule has 1 aliphatic carbocycles. The van der Waals surface area contributed by atoms with Gasteiger partial charge in [-0.1, -0.05) is 6.92 Å². The summed E-state index contributed by atoms with van der Waals surface area (Å²) >= 11 is 0. The van der Waals surface area contributed by atoms with Gasteiger partial charge < -0.3 is 0 Å². The van der Waals surface area contributed by atoms with Gasteiger partial charge in [0, 0.05) is 57.3 Å². The molecule has 0 radical (unpaired) electrons. The van der Waals surface area contributed by atoms with E-state index in [1.165, 1.54) is 0 Å². The van der Waals surface area contributed by atoms with Crippen molar-refractivity contribution in [1.82, 2.24) is 19.6 Å². The highest BCUT2D eigenvalue weighted by Crippen LogP contribution is 2.45. The van der Waals surface area contributed by atoms with E-state index >= 15 is 0 Å². The van der Waals surface area contributed by atoms with Crippen molar-refractivity contribution < 1.29 is 38.4 Å². The van der Waals surface area contributed by atoms with Gasteiger partial charge in [-0.3, -0.25) is 58.0 Å². The van der Waals surface area contributed by atoms with Gasteiger partial charge in [-0.15, -0.1) is 0 Å². The fourth-order valence-corrected chi connectivity index (χ4v) is 6.32. The maximum atomic E-state index is 12.9.